The summed E-state index contributed by atoms with van der Waals surface area (Å²) in [6, 6.07) is 0. The van der Waals surface area contributed by atoms with E-state index in [4.69, 9.17) is 10.00 Å². The van der Waals surface area contributed by atoms with E-state index in [2.05, 4.69) is 12.5 Å². The smallest absolute Gasteiger partial charge is 0.303 e. The largest absolute Gasteiger partial charge is 0.460 e. The molecule has 15 heavy (non-hydrogen) atoms. The van der Waals surface area contributed by atoms with Gasteiger partial charge in [-0.2, -0.15) is 0 Å². The molecular formula is C11H16BNO2. The standard InChI is InChI=1S/C11H16BNO2/c1-8-5-9(12(6-8)7-13)10(14)15-11(2,3)4/h9H,1,5-6H2,2-4H3. The highest BCUT2D eigenvalue weighted by atomic mass is 16.6. The fraction of sp³-hybridized carbons (Fsp3) is 0.636. The molecule has 1 fully saturated rings. The number of esters is 1. The number of hydrogen-bond donors (Lipinski definition) is 0. The minimum Gasteiger partial charge on any atom is -0.460 e. The van der Waals surface area contributed by atoms with Crippen LogP contribution in [0.25, 0.3) is 0 Å². The predicted octanol–water partition coefficient (Wildman–Crippen LogP) is 2.22. The molecule has 1 unspecified atom stereocenters. The van der Waals surface area contributed by atoms with Gasteiger partial charge in [-0.3, -0.25) is 4.79 Å². The van der Waals surface area contributed by atoms with Gasteiger partial charge < -0.3 is 4.74 Å². The van der Waals surface area contributed by atoms with Crippen LogP contribution in [0.1, 0.15) is 27.2 Å². The third kappa shape index (κ3) is 3.12. The quantitative estimate of drug-likeness (QED) is 0.374. The van der Waals surface area contributed by atoms with Crippen LogP contribution >= 0.6 is 0 Å². The highest BCUT2D eigenvalue weighted by Gasteiger charge is 2.40. The van der Waals surface area contributed by atoms with Crippen molar-refractivity contribution in [2.24, 2.45) is 0 Å². The first kappa shape index (κ1) is 11.8. The molecule has 0 saturated carbocycles. The lowest BCUT2D eigenvalue weighted by molar-refractivity contribution is -0.154. The number of hydrogen-bond acceptors (Lipinski definition) is 3. The molecule has 3 nitrogen and oxygen atoms in total. The van der Waals surface area contributed by atoms with Crippen LogP contribution < -0.4 is 0 Å². The zero-order valence-electron chi connectivity index (χ0n) is 9.54. The Morgan fingerprint density at radius 2 is 2.27 bits per heavy atom. The number of nitrogens with zero attached hydrogens (tertiary/aromatic N) is 1. The summed E-state index contributed by atoms with van der Waals surface area (Å²) in [6.07, 6.45) is 1.22. The summed E-state index contributed by atoms with van der Waals surface area (Å²) in [4.78, 5) is 11.8. The highest BCUT2D eigenvalue weighted by Crippen LogP contribution is 2.35. The molecule has 1 rings (SSSR count). The van der Waals surface area contributed by atoms with E-state index in [0.29, 0.717) is 12.7 Å². The van der Waals surface area contributed by atoms with Crippen molar-refractivity contribution >= 4 is 12.7 Å². The number of allylic oxidation sites excluding steroid dienone is 1. The van der Waals surface area contributed by atoms with Crippen molar-refractivity contribution in [3.05, 3.63) is 12.2 Å². The highest BCUT2D eigenvalue weighted by molar-refractivity contribution is 6.73. The van der Waals surface area contributed by atoms with Crippen molar-refractivity contribution in [2.45, 2.75) is 44.9 Å². The minimum atomic E-state index is -0.485. The third-order valence-corrected chi connectivity index (χ3v) is 2.38. The average molecular weight is 205 g/mol. The average Bonchev–Trinajstić information content (AvgIpc) is 2.43. The van der Waals surface area contributed by atoms with E-state index >= 15 is 0 Å². The summed E-state index contributed by atoms with van der Waals surface area (Å²) in [6.45, 7) is 9.05. The van der Waals surface area contributed by atoms with Gasteiger partial charge in [0.15, 0.2) is 0 Å². The van der Waals surface area contributed by atoms with Gasteiger partial charge in [0.2, 0.25) is 0 Å². The fourth-order valence-electron chi connectivity index (χ4n) is 1.75. The number of ether oxygens (including phenoxy) is 1. The second-order valence-electron chi connectivity index (χ2n) is 5.03. The molecule has 0 aromatic carbocycles. The molecule has 1 aliphatic heterocycles. The van der Waals surface area contributed by atoms with Crippen LogP contribution in [0.15, 0.2) is 12.2 Å². The van der Waals surface area contributed by atoms with Gasteiger partial charge in [0.05, 0.1) is 5.82 Å². The second kappa shape index (κ2) is 4.10. The van der Waals surface area contributed by atoms with Crippen LogP contribution in [-0.4, -0.2) is 18.3 Å². The van der Waals surface area contributed by atoms with E-state index in [1.807, 2.05) is 20.8 Å². The van der Waals surface area contributed by atoms with E-state index in [1.165, 1.54) is 0 Å². The molecule has 1 atom stereocenters. The van der Waals surface area contributed by atoms with E-state index < -0.39 is 5.60 Å². The van der Waals surface area contributed by atoms with E-state index in [0.717, 1.165) is 5.57 Å². The molecule has 0 N–H and O–H groups in total. The van der Waals surface area contributed by atoms with Crippen LogP contribution in [-0.2, 0) is 9.53 Å². The number of carbonyl (C=O) groups is 1. The molecular weight excluding hydrogens is 189 g/mol. The van der Waals surface area contributed by atoms with Gasteiger partial charge in [-0.1, -0.05) is 5.57 Å². The molecule has 1 heterocycles. The van der Waals surface area contributed by atoms with Crippen molar-refractivity contribution in [1.82, 2.24) is 0 Å². The topological polar surface area (TPSA) is 50.1 Å². The Labute approximate surface area is 91.2 Å². The summed E-state index contributed by atoms with van der Waals surface area (Å²) in [5.74, 6) is 1.56. The number of carbonyl (C=O) groups excluding carboxylic acids is 1. The zero-order chi connectivity index (χ0) is 11.6. The molecule has 0 aromatic rings. The van der Waals surface area contributed by atoms with Gasteiger partial charge in [-0.05, 0) is 33.5 Å². The van der Waals surface area contributed by atoms with Gasteiger partial charge in [0, 0.05) is 5.97 Å². The lowest BCUT2D eigenvalue weighted by Gasteiger charge is -2.22. The molecule has 0 aromatic heterocycles. The Kier molecular flexibility index (Phi) is 3.23. The first-order chi connectivity index (χ1) is 6.83. The van der Waals surface area contributed by atoms with E-state index in [-0.39, 0.29) is 18.5 Å². The molecule has 0 spiro atoms. The third-order valence-electron chi connectivity index (χ3n) is 2.38. The molecule has 0 bridgehead atoms. The minimum absolute atomic E-state index is 0.257. The van der Waals surface area contributed by atoms with Crippen molar-refractivity contribution in [2.75, 3.05) is 0 Å². The Morgan fingerprint density at radius 3 is 2.73 bits per heavy atom. The zero-order valence-corrected chi connectivity index (χ0v) is 9.54. The molecule has 0 aliphatic carbocycles. The molecule has 4 heteroatoms. The van der Waals surface area contributed by atoms with Crippen molar-refractivity contribution in [3.8, 4) is 5.97 Å². The van der Waals surface area contributed by atoms with Gasteiger partial charge in [-0.15, -0.1) is 6.58 Å². The van der Waals surface area contributed by atoms with Crippen LogP contribution in [0.4, 0.5) is 0 Å². The maximum Gasteiger partial charge on any atom is 0.303 e. The lowest BCUT2D eigenvalue weighted by atomic mass is 9.44. The summed E-state index contributed by atoms with van der Waals surface area (Å²) < 4.78 is 5.27. The lowest BCUT2D eigenvalue weighted by Crippen LogP contribution is -2.30. The Hall–Kier alpha value is -1.24. The van der Waals surface area contributed by atoms with E-state index in [9.17, 15) is 4.79 Å². The monoisotopic (exact) mass is 205 g/mol. The number of nitriles is 1. The molecule has 0 amide bonds. The fourth-order valence-corrected chi connectivity index (χ4v) is 1.75. The van der Waals surface area contributed by atoms with Gasteiger partial charge in [0.25, 0.3) is 6.71 Å². The predicted molar refractivity (Wildman–Crippen MR) is 59.5 cm³/mol. The van der Waals surface area contributed by atoms with Crippen LogP contribution in [0, 0.1) is 11.2 Å². The van der Waals surface area contributed by atoms with Crippen molar-refractivity contribution < 1.29 is 9.53 Å². The molecule has 80 valence electrons. The second-order valence-corrected chi connectivity index (χ2v) is 5.03. The molecule has 1 saturated heterocycles. The Balaban J connectivity index is 2.68. The van der Waals surface area contributed by atoms with Crippen molar-refractivity contribution in [3.63, 3.8) is 0 Å². The Morgan fingerprint density at radius 1 is 1.67 bits per heavy atom. The van der Waals surface area contributed by atoms with Gasteiger partial charge in [0.1, 0.15) is 5.60 Å². The first-order valence-corrected chi connectivity index (χ1v) is 5.12. The summed E-state index contributed by atoms with van der Waals surface area (Å²) >= 11 is 0. The number of rotatable bonds is 1. The van der Waals surface area contributed by atoms with Gasteiger partial charge >= 0.3 is 5.97 Å². The molecule has 1 aliphatic rings. The maximum absolute atomic E-state index is 11.8. The van der Waals surface area contributed by atoms with Crippen LogP contribution in [0.3, 0.4) is 0 Å². The van der Waals surface area contributed by atoms with E-state index in [1.54, 1.807) is 0 Å². The van der Waals surface area contributed by atoms with Crippen molar-refractivity contribution in [1.29, 1.82) is 5.26 Å². The Bertz CT molecular complexity index is 324. The maximum atomic E-state index is 11.8. The molecule has 0 radical (unpaired) electrons. The van der Waals surface area contributed by atoms with Crippen LogP contribution in [0.5, 0.6) is 0 Å². The summed E-state index contributed by atoms with van der Waals surface area (Å²) in [5.41, 5.74) is 0.485. The summed E-state index contributed by atoms with van der Waals surface area (Å²) in [7, 11) is 0. The first-order valence-electron chi connectivity index (χ1n) is 5.12. The van der Waals surface area contributed by atoms with Gasteiger partial charge in [-0.25, -0.2) is 5.26 Å². The van der Waals surface area contributed by atoms with Crippen LogP contribution in [0.2, 0.25) is 12.1 Å². The SMILES string of the molecule is C=C1CB(C#N)C(C(=O)OC(C)(C)C)C1. The normalized spacial score (nSPS) is 21.3. The summed E-state index contributed by atoms with van der Waals surface area (Å²) in [5, 5.41) is 8.90.